The number of carbonyl (C=O) groups excluding carboxylic acids is 2. The van der Waals surface area contributed by atoms with Gasteiger partial charge in [-0.25, -0.2) is 0 Å². The van der Waals surface area contributed by atoms with Crippen molar-refractivity contribution in [3.05, 3.63) is 0 Å². The van der Waals surface area contributed by atoms with Gasteiger partial charge in [0.05, 0.1) is 13.0 Å². The van der Waals surface area contributed by atoms with Crippen LogP contribution in [0.5, 0.6) is 0 Å². The molecule has 0 saturated heterocycles. The smallest absolute Gasteiger partial charge is 0.308 e. The first-order valence-corrected chi connectivity index (χ1v) is 2.71. The monoisotopic (exact) mass is 147 g/mol. The van der Waals surface area contributed by atoms with Gasteiger partial charge in [0.25, 0.3) is 5.91 Å². The van der Waals surface area contributed by atoms with Crippen LogP contribution in [0.4, 0.5) is 0 Å². The maximum absolute atomic E-state index is 10.4. The molecular formula is C5H9NO4. The third kappa shape index (κ3) is 5.04. The van der Waals surface area contributed by atoms with Crippen molar-refractivity contribution in [1.82, 2.24) is 0 Å². The zero-order valence-electron chi connectivity index (χ0n) is 5.37. The molecule has 0 unspecified atom stereocenters. The van der Waals surface area contributed by atoms with Crippen molar-refractivity contribution in [3.63, 3.8) is 0 Å². The minimum absolute atomic E-state index is 0.104. The number of aliphatic hydroxyl groups excluding tert-OH is 1. The number of rotatable bonds is 4. The van der Waals surface area contributed by atoms with Crippen LogP contribution in [0, 0.1) is 0 Å². The minimum Gasteiger partial charge on any atom is -0.456 e. The summed E-state index contributed by atoms with van der Waals surface area (Å²) in [6.07, 6.45) is -0.104. The lowest BCUT2D eigenvalue weighted by molar-refractivity contribution is -0.148. The molecule has 0 aliphatic heterocycles. The van der Waals surface area contributed by atoms with Crippen LogP contribution in [0.3, 0.4) is 0 Å². The number of carbonyl (C=O) groups is 2. The van der Waals surface area contributed by atoms with Crippen LogP contribution >= 0.6 is 0 Å². The van der Waals surface area contributed by atoms with E-state index in [2.05, 4.69) is 10.5 Å². The van der Waals surface area contributed by atoms with Crippen molar-refractivity contribution >= 4 is 11.9 Å². The number of aliphatic hydroxyl groups is 1. The molecule has 0 fully saturated rings. The van der Waals surface area contributed by atoms with Crippen LogP contribution in [0.1, 0.15) is 6.42 Å². The van der Waals surface area contributed by atoms with Gasteiger partial charge < -0.3 is 15.6 Å². The third-order valence-corrected chi connectivity index (χ3v) is 0.691. The quantitative estimate of drug-likeness (QED) is 0.468. The summed E-state index contributed by atoms with van der Waals surface area (Å²) in [5, 5.41) is 8.18. The fourth-order valence-electron chi connectivity index (χ4n) is 0.315. The zero-order chi connectivity index (χ0) is 7.98. The van der Waals surface area contributed by atoms with Gasteiger partial charge in [-0.3, -0.25) is 9.59 Å². The molecule has 0 aliphatic carbocycles. The molecule has 0 aliphatic rings. The van der Waals surface area contributed by atoms with Gasteiger partial charge >= 0.3 is 5.97 Å². The fraction of sp³-hybridized carbons (Fsp3) is 0.600. The predicted octanol–water partition coefficient (Wildman–Crippen LogP) is -1.60. The summed E-state index contributed by atoms with van der Waals surface area (Å²) >= 11 is 0. The Labute approximate surface area is 57.8 Å². The molecule has 0 atom stereocenters. The fourth-order valence-corrected chi connectivity index (χ4v) is 0.315. The number of esters is 1. The summed E-state index contributed by atoms with van der Waals surface area (Å²) in [4.78, 5) is 20.3. The van der Waals surface area contributed by atoms with Crippen molar-refractivity contribution < 1.29 is 19.4 Å². The Morgan fingerprint density at radius 1 is 1.50 bits per heavy atom. The van der Waals surface area contributed by atoms with Gasteiger partial charge in [-0.15, -0.1) is 0 Å². The van der Waals surface area contributed by atoms with Crippen LogP contribution in [0.2, 0.25) is 0 Å². The maximum atomic E-state index is 10.4. The Hall–Kier alpha value is -1.10. The van der Waals surface area contributed by atoms with Gasteiger partial charge in [-0.2, -0.15) is 0 Å². The number of nitrogens with two attached hydrogens (primary N) is 1. The Kier molecular flexibility index (Phi) is 4.23. The second-order valence-electron chi connectivity index (χ2n) is 1.60. The third-order valence-electron chi connectivity index (χ3n) is 0.691. The molecule has 1 amide bonds. The minimum atomic E-state index is -0.703. The van der Waals surface area contributed by atoms with Crippen molar-refractivity contribution in [3.8, 4) is 0 Å². The van der Waals surface area contributed by atoms with Crippen molar-refractivity contribution in [2.24, 2.45) is 5.73 Å². The van der Waals surface area contributed by atoms with E-state index in [4.69, 9.17) is 5.11 Å². The molecule has 3 N–H and O–H groups in total. The molecule has 0 spiro atoms. The lowest BCUT2D eigenvalue weighted by atomic mass is 10.5. The van der Waals surface area contributed by atoms with E-state index in [-0.39, 0.29) is 13.0 Å². The van der Waals surface area contributed by atoms with E-state index in [1.54, 1.807) is 0 Å². The van der Waals surface area contributed by atoms with E-state index in [1.807, 2.05) is 0 Å². The Morgan fingerprint density at radius 2 is 2.10 bits per heavy atom. The van der Waals surface area contributed by atoms with Gasteiger partial charge in [-0.05, 0) is 0 Å². The Morgan fingerprint density at radius 3 is 2.50 bits per heavy atom. The predicted molar refractivity (Wildman–Crippen MR) is 31.9 cm³/mol. The molecular weight excluding hydrogens is 138 g/mol. The molecule has 0 aromatic carbocycles. The normalized spacial score (nSPS) is 8.90. The van der Waals surface area contributed by atoms with E-state index in [9.17, 15) is 9.59 Å². The zero-order valence-corrected chi connectivity index (χ0v) is 5.37. The van der Waals surface area contributed by atoms with Crippen molar-refractivity contribution in [2.45, 2.75) is 6.42 Å². The average Bonchev–Trinajstić information content (AvgIpc) is 1.85. The highest BCUT2D eigenvalue weighted by Crippen LogP contribution is 1.82. The number of amides is 1. The summed E-state index contributed by atoms with van der Waals surface area (Å²) in [5.41, 5.74) is 4.66. The first-order valence-electron chi connectivity index (χ1n) is 2.71. The average molecular weight is 147 g/mol. The Balaban J connectivity index is 3.30. The van der Waals surface area contributed by atoms with E-state index in [0.717, 1.165) is 0 Å². The first-order chi connectivity index (χ1) is 4.66. The molecule has 0 rings (SSSR count). The van der Waals surface area contributed by atoms with E-state index >= 15 is 0 Å². The summed E-state index contributed by atoms with van der Waals surface area (Å²) in [6.45, 7) is -0.698. The largest absolute Gasteiger partial charge is 0.456 e. The second-order valence-corrected chi connectivity index (χ2v) is 1.60. The number of hydrogen-bond acceptors (Lipinski definition) is 4. The Bertz CT molecular complexity index is 134. The molecule has 0 aromatic rings. The maximum Gasteiger partial charge on any atom is 0.308 e. The molecule has 0 aromatic heterocycles. The number of primary amides is 1. The molecule has 0 saturated carbocycles. The molecule has 5 heteroatoms. The van der Waals surface area contributed by atoms with Crippen molar-refractivity contribution in [2.75, 3.05) is 13.2 Å². The number of hydrogen-bond donors (Lipinski definition) is 2. The molecule has 58 valence electrons. The van der Waals surface area contributed by atoms with Crippen LogP contribution in [0.25, 0.3) is 0 Å². The van der Waals surface area contributed by atoms with Gasteiger partial charge in [0.15, 0.2) is 6.61 Å². The molecule has 5 nitrogen and oxygen atoms in total. The molecule has 0 bridgehead atoms. The summed E-state index contributed by atoms with van der Waals surface area (Å²) in [6, 6.07) is 0. The van der Waals surface area contributed by atoms with Crippen molar-refractivity contribution in [1.29, 1.82) is 0 Å². The number of ether oxygens (including phenoxy) is 1. The molecule has 0 heterocycles. The lowest BCUT2D eigenvalue weighted by Crippen LogP contribution is -2.21. The second kappa shape index (κ2) is 4.75. The first kappa shape index (κ1) is 8.90. The van der Waals surface area contributed by atoms with Crippen LogP contribution in [-0.4, -0.2) is 30.2 Å². The summed E-state index contributed by atoms with van der Waals surface area (Å²) in [7, 11) is 0. The highest BCUT2D eigenvalue weighted by molar-refractivity contribution is 5.78. The van der Waals surface area contributed by atoms with Gasteiger partial charge in [0.2, 0.25) is 0 Å². The summed E-state index contributed by atoms with van der Waals surface area (Å²) in [5.74, 6) is -1.33. The molecule has 0 radical (unpaired) electrons. The lowest BCUT2D eigenvalue weighted by Gasteiger charge is -1.98. The van der Waals surface area contributed by atoms with Crippen LogP contribution < -0.4 is 5.73 Å². The van der Waals surface area contributed by atoms with Crippen LogP contribution in [-0.2, 0) is 14.3 Å². The summed E-state index contributed by atoms with van der Waals surface area (Å²) < 4.78 is 4.27. The van der Waals surface area contributed by atoms with E-state index < -0.39 is 18.5 Å². The van der Waals surface area contributed by atoms with Gasteiger partial charge in [0.1, 0.15) is 0 Å². The highest BCUT2D eigenvalue weighted by Gasteiger charge is 2.02. The van der Waals surface area contributed by atoms with Gasteiger partial charge in [-0.1, -0.05) is 0 Å². The molecule has 10 heavy (non-hydrogen) atoms. The van der Waals surface area contributed by atoms with E-state index in [1.165, 1.54) is 0 Å². The van der Waals surface area contributed by atoms with Crippen LogP contribution in [0.15, 0.2) is 0 Å². The van der Waals surface area contributed by atoms with E-state index in [0.29, 0.717) is 0 Å². The highest BCUT2D eigenvalue weighted by atomic mass is 16.5. The topological polar surface area (TPSA) is 89.6 Å². The standard InChI is InChI=1S/C5H9NO4/c6-4(8)3-10-5(9)1-2-7/h7H,1-3H2,(H2,6,8). The van der Waals surface area contributed by atoms with Gasteiger partial charge in [0, 0.05) is 0 Å². The SMILES string of the molecule is NC(=O)COC(=O)CCO.